The number of amides is 2. The number of nitrogens with one attached hydrogen (secondary N) is 3. The highest BCUT2D eigenvalue weighted by molar-refractivity contribution is 6.31. The van der Waals surface area contributed by atoms with Gasteiger partial charge in [0.25, 0.3) is 0 Å². The SMILES string of the molecule is O=C(Nc1ccc(F)c(Cl)c1)C1CC(=O)N(C2NNC3CCCCC32)C1. The number of hydrogen-bond donors (Lipinski definition) is 3. The minimum atomic E-state index is -0.534. The molecule has 6 nitrogen and oxygen atoms in total. The van der Waals surface area contributed by atoms with Crippen molar-refractivity contribution in [1.29, 1.82) is 0 Å². The standard InChI is InChI=1S/C18H22ClFN4O2/c19-13-8-11(5-6-14(13)20)21-18(26)10-7-16(25)24(9-10)17-12-3-1-2-4-15(12)22-23-17/h5-6,8,10,12,15,17,22-23H,1-4,7,9H2,(H,21,26). The second kappa shape index (κ2) is 7.13. The highest BCUT2D eigenvalue weighted by Crippen LogP contribution is 2.34. The molecule has 4 atom stereocenters. The number of benzene rings is 1. The summed E-state index contributed by atoms with van der Waals surface area (Å²) >= 11 is 5.75. The number of hydrazine groups is 1. The molecule has 2 amide bonds. The van der Waals surface area contributed by atoms with Gasteiger partial charge in [0.1, 0.15) is 5.82 Å². The quantitative estimate of drug-likeness (QED) is 0.752. The van der Waals surface area contributed by atoms with Crippen molar-refractivity contribution in [3.63, 3.8) is 0 Å². The predicted molar refractivity (Wildman–Crippen MR) is 95.7 cm³/mol. The Labute approximate surface area is 156 Å². The first-order chi connectivity index (χ1) is 12.5. The molecule has 1 saturated carbocycles. The van der Waals surface area contributed by atoms with Crippen molar-refractivity contribution in [3.05, 3.63) is 29.0 Å². The van der Waals surface area contributed by atoms with E-state index >= 15 is 0 Å². The fourth-order valence-electron chi connectivity index (χ4n) is 4.32. The van der Waals surface area contributed by atoms with Crippen molar-refractivity contribution >= 4 is 29.1 Å². The lowest BCUT2D eigenvalue weighted by Gasteiger charge is -2.32. The number of hydrogen-bond acceptors (Lipinski definition) is 4. The number of carbonyl (C=O) groups is 2. The van der Waals surface area contributed by atoms with E-state index in [1.165, 1.54) is 31.0 Å². The molecular weight excluding hydrogens is 359 g/mol. The van der Waals surface area contributed by atoms with Gasteiger partial charge in [0.2, 0.25) is 11.8 Å². The van der Waals surface area contributed by atoms with Gasteiger partial charge in [-0.3, -0.25) is 15.0 Å². The van der Waals surface area contributed by atoms with Crippen LogP contribution in [-0.4, -0.2) is 35.5 Å². The highest BCUT2D eigenvalue weighted by atomic mass is 35.5. The predicted octanol–water partition coefficient (Wildman–Crippen LogP) is 2.26. The third kappa shape index (κ3) is 3.31. The van der Waals surface area contributed by atoms with E-state index < -0.39 is 11.7 Å². The number of likely N-dealkylation sites (tertiary alicyclic amines) is 1. The average molecular weight is 381 g/mol. The molecule has 1 aromatic carbocycles. The third-order valence-electron chi connectivity index (χ3n) is 5.69. The van der Waals surface area contributed by atoms with Crippen LogP contribution in [0.2, 0.25) is 5.02 Å². The van der Waals surface area contributed by atoms with Crippen LogP contribution in [0.5, 0.6) is 0 Å². The molecule has 140 valence electrons. The van der Waals surface area contributed by atoms with Gasteiger partial charge in [-0.2, -0.15) is 0 Å². The largest absolute Gasteiger partial charge is 0.326 e. The van der Waals surface area contributed by atoms with Gasteiger partial charge in [-0.25, -0.2) is 9.82 Å². The topological polar surface area (TPSA) is 73.5 Å². The molecule has 1 aliphatic carbocycles. The molecule has 3 N–H and O–H groups in total. The summed E-state index contributed by atoms with van der Waals surface area (Å²) in [6.45, 7) is 0.391. The molecule has 3 fully saturated rings. The van der Waals surface area contributed by atoms with Gasteiger partial charge in [-0.05, 0) is 31.0 Å². The molecule has 2 aliphatic heterocycles. The van der Waals surface area contributed by atoms with Crippen molar-refractivity contribution in [1.82, 2.24) is 15.8 Å². The van der Waals surface area contributed by atoms with Crippen molar-refractivity contribution in [2.45, 2.75) is 44.3 Å². The molecule has 26 heavy (non-hydrogen) atoms. The van der Waals surface area contributed by atoms with Gasteiger partial charge >= 0.3 is 0 Å². The van der Waals surface area contributed by atoms with Gasteiger partial charge in [0, 0.05) is 30.6 Å². The Kier molecular flexibility index (Phi) is 4.86. The Morgan fingerprint density at radius 2 is 2.08 bits per heavy atom. The summed E-state index contributed by atoms with van der Waals surface area (Å²) in [6.07, 6.45) is 4.73. The summed E-state index contributed by atoms with van der Waals surface area (Å²) in [5.41, 5.74) is 7.00. The van der Waals surface area contributed by atoms with E-state index in [0.717, 1.165) is 12.8 Å². The second-order valence-electron chi connectivity index (χ2n) is 7.35. The van der Waals surface area contributed by atoms with E-state index in [4.69, 9.17) is 11.6 Å². The van der Waals surface area contributed by atoms with Gasteiger partial charge in [0.15, 0.2) is 0 Å². The Morgan fingerprint density at radius 1 is 1.27 bits per heavy atom. The Balaban J connectivity index is 1.41. The minimum Gasteiger partial charge on any atom is -0.326 e. The number of anilines is 1. The van der Waals surface area contributed by atoms with E-state index in [2.05, 4.69) is 16.2 Å². The summed E-state index contributed by atoms with van der Waals surface area (Å²) < 4.78 is 13.2. The maximum absolute atomic E-state index is 13.2. The second-order valence-corrected chi connectivity index (χ2v) is 7.76. The van der Waals surface area contributed by atoms with E-state index in [1.54, 1.807) is 4.90 Å². The van der Waals surface area contributed by atoms with Crippen LogP contribution in [0.1, 0.15) is 32.1 Å². The number of halogens is 2. The van der Waals surface area contributed by atoms with Crippen LogP contribution >= 0.6 is 11.6 Å². The lowest BCUT2D eigenvalue weighted by molar-refractivity contribution is -0.131. The van der Waals surface area contributed by atoms with Crippen molar-refractivity contribution in [2.24, 2.45) is 11.8 Å². The van der Waals surface area contributed by atoms with E-state index in [1.807, 2.05) is 0 Å². The van der Waals surface area contributed by atoms with Crippen LogP contribution in [0.25, 0.3) is 0 Å². The maximum Gasteiger partial charge on any atom is 0.229 e. The normalized spacial score (nSPS) is 31.2. The maximum atomic E-state index is 13.2. The van der Waals surface area contributed by atoms with Crippen LogP contribution in [-0.2, 0) is 9.59 Å². The number of rotatable bonds is 3. The highest BCUT2D eigenvalue weighted by Gasteiger charge is 2.46. The van der Waals surface area contributed by atoms with Crippen LogP contribution in [0.15, 0.2) is 18.2 Å². The first kappa shape index (κ1) is 17.7. The fraction of sp³-hybridized carbons (Fsp3) is 0.556. The summed E-state index contributed by atoms with van der Waals surface area (Å²) in [4.78, 5) is 26.8. The minimum absolute atomic E-state index is 0.00666. The van der Waals surface area contributed by atoms with E-state index in [9.17, 15) is 14.0 Å². The lowest BCUT2D eigenvalue weighted by Crippen LogP contribution is -2.48. The van der Waals surface area contributed by atoms with Gasteiger partial charge in [-0.15, -0.1) is 0 Å². The number of carbonyl (C=O) groups excluding carboxylic acids is 2. The lowest BCUT2D eigenvalue weighted by atomic mass is 9.84. The molecule has 2 heterocycles. The fourth-order valence-corrected chi connectivity index (χ4v) is 4.50. The van der Waals surface area contributed by atoms with Crippen molar-refractivity contribution < 1.29 is 14.0 Å². The summed E-state index contributed by atoms with van der Waals surface area (Å²) in [6, 6.07) is 4.44. The zero-order valence-corrected chi connectivity index (χ0v) is 15.1. The number of nitrogens with zero attached hydrogens (tertiary/aromatic N) is 1. The van der Waals surface area contributed by atoms with Crippen LogP contribution in [0.4, 0.5) is 10.1 Å². The van der Waals surface area contributed by atoms with Crippen LogP contribution in [0, 0.1) is 17.7 Å². The summed E-state index contributed by atoms with van der Waals surface area (Å²) in [5.74, 6) is -0.808. The molecule has 3 aliphatic rings. The molecule has 4 unspecified atom stereocenters. The number of fused-ring (bicyclic) bond motifs is 1. The van der Waals surface area contributed by atoms with Gasteiger partial charge < -0.3 is 10.2 Å². The van der Waals surface area contributed by atoms with Gasteiger partial charge in [-0.1, -0.05) is 24.4 Å². The van der Waals surface area contributed by atoms with Gasteiger partial charge in [0.05, 0.1) is 17.1 Å². The molecule has 1 aromatic rings. The average Bonchev–Trinajstić information content (AvgIpc) is 3.21. The first-order valence-corrected chi connectivity index (χ1v) is 9.47. The molecule has 0 aromatic heterocycles. The molecule has 2 saturated heterocycles. The Bertz CT molecular complexity index is 731. The monoisotopic (exact) mass is 380 g/mol. The third-order valence-corrected chi connectivity index (χ3v) is 5.98. The first-order valence-electron chi connectivity index (χ1n) is 9.09. The Hall–Kier alpha value is -1.70. The molecule has 0 bridgehead atoms. The zero-order valence-electron chi connectivity index (χ0n) is 14.3. The van der Waals surface area contributed by atoms with Crippen molar-refractivity contribution in [3.8, 4) is 0 Å². The van der Waals surface area contributed by atoms with Crippen LogP contribution < -0.4 is 16.2 Å². The molecule has 4 rings (SSSR count). The smallest absolute Gasteiger partial charge is 0.229 e. The zero-order chi connectivity index (χ0) is 18.3. The Morgan fingerprint density at radius 3 is 2.88 bits per heavy atom. The molecule has 8 heteroatoms. The molecule has 0 radical (unpaired) electrons. The summed E-state index contributed by atoms with van der Waals surface area (Å²) in [5, 5.41) is 2.69. The van der Waals surface area contributed by atoms with E-state index in [-0.39, 0.29) is 29.4 Å². The van der Waals surface area contributed by atoms with Crippen LogP contribution in [0.3, 0.4) is 0 Å². The van der Waals surface area contributed by atoms with Crippen molar-refractivity contribution in [2.75, 3.05) is 11.9 Å². The molecular formula is C18H22ClFN4O2. The summed E-state index contributed by atoms with van der Waals surface area (Å²) in [7, 11) is 0. The molecule has 0 spiro atoms. The van der Waals surface area contributed by atoms with E-state index in [0.29, 0.717) is 24.2 Å².